The second-order valence-corrected chi connectivity index (χ2v) is 5.51. The van der Waals surface area contributed by atoms with Crippen molar-refractivity contribution in [3.05, 3.63) is 71.9 Å². The van der Waals surface area contributed by atoms with Gasteiger partial charge in [-0.15, -0.1) is 0 Å². The van der Waals surface area contributed by atoms with E-state index in [1.54, 1.807) is 42.7 Å². The van der Waals surface area contributed by atoms with E-state index in [9.17, 15) is 9.18 Å². The molecule has 7 heteroatoms. The third-order valence-corrected chi connectivity index (χ3v) is 3.80. The molecule has 0 unspecified atom stereocenters. The van der Waals surface area contributed by atoms with Gasteiger partial charge in [-0.1, -0.05) is 5.16 Å². The van der Waals surface area contributed by atoms with Crippen molar-refractivity contribution in [2.24, 2.45) is 0 Å². The molecule has 2 aromatic heterocycles. The van der Waals surface area contributed by atoms with Crippen LogP contribution in [0.15, 0.2) is 59.4 Å². The molecule has 0 bridgehead atoms. The van der Waals surface area contributed by atoms with Gasteiger partial charge in [0.05, 0.1) is 23.9 Å². The number of halogens is 1. The number of imidazole rings is 1. The highest BCUT2D eigenvalue weighted by Crippen LogP contribution is 2.20. The summed E-state index contributed by atoms with van der Waals surface area (Å²) in [5.74, 6) is -0.0176. The highest BCUT2D eigenvalue weighted by atomic mass is 19.1. The van der Waals surface area contributed by atoms with Crippen LogP contribution in [0.25, 0.3) is 22.4 Å². The van der Waals surface area contributed by atoms with Gasteiger partial charge in [0.15, 0.2) is 5.76 Å². The van der Waals surface area contributed by atoms with E-state index in [1.807, 2.05) is 0 Å². The Morgan fingerprint density at radius 3 is 2.84 bits per heavy atom. The lowest BCUT2D eigenvalue weighted by Crippen LogP contribution is -2.22. The van der Waals surface area contributed by atoms with Gasteiger partial charge in [0, 0.05) is 17.2 Å². The summed E-state index contributed by atoms with van der Waals surface area (Å²) in [6.07, 6.45) is 1.58. The van der Waals surface area contributed by atoms with E-state index in [0.717, 1.165) is 16.6 Å². The van der Waals surface area contributed by atoms with Crippen LogP contribution in [0.2, 0.25) is 0 Å². The van der Waals surface area contributed by atoms with Crippen molar-refractivity contribution in [2.45, 2.75) is 6.54 Å². The second kappa shape index (κ2) is 6.20. The number of aromatic amines is 1. The fourth-order valence-electron chi connectivity index (χ4n) is 2.50. The molecule has 0 fully saturated rings. The van der Waals surface area contributed by atoms with Gasteiger partial charge in [-0.2, -0.15) is 0 Å². The Labute approximate surface area is 141 Å². The van der Waals surface area contributed by atoms with E-state index < -0.39 is 0 Å². The molecule has 0 radical (unpaired) electrons. The quantitative estimate of drug-likeness (QED) is 0.599. The maximum Gasteiger partial charge on any atom is 0.251 e. The molecular weight excluding hydrogens is 323 g/mol. The van der Waals surface area contributed by atoms with E-state index in [2.05, 4.69) is 20.4 Å². The lowest BCUT2D eigenvalue weighted by Gasteiger charge is -2.02. The lowest BCUT2D eigenvalue weighted by atomic mass is 10.1. The fourth-order valence-corrected chi connectivity index (χ4v) is 2.50. The first-order valence-electron chi connectivity index (χ1n) is 7.62. The highest BCUT2D eigenvalue weighted by Gasteiger charge is 2.10. The fraction of sp³-hybridized carbons (Fsp3) is 0.0556. The van der Waals surface area contributed by atoms with E-state index in [4.69, 9.17) is 4.52 Å². The number of nitrogens with zero attached hydrogens (tertiary/aromatic N) is 2. The summed E-state index contributed by atoms with van der Waals surface area (Å²) in [5, 5.41) is 6.71. The Balaban J connectivity index is 1.44. The van der Waals surface area contributed by atoms with Gasteiger partial charge in [0.1, 0.15) is 11.5 Å². The number of carbonyl (C=O) groups excluding carboxylic acids is 1. The minimum Gasteiger partial charge on any atom is -0.356 e. The minimum absolute atomic E-state index is 0.220. The van der Waals surface area contributed by atoms with Crippen molar-refractivity contribution < 1.29 is 13.7 Å². The zero-order valence-electron chi connectivity index (χ0n) is 13.0. The predicted octanol–water partition coefficient (Wildman–Crippen LogP) is 3.29. The van der Waals surface area contributed by atoms with Crippen molar-refractivity contribution in [1.29, 1.82) is 0 Å². The molecule has 4 aromatic rings. The summed E-state index contributed by atoms with van der Waals surface area (Å²) in [7, 11) is 0. The topological polar surface area (TPSA) is 83.8 Å². The van der Waals surface area contributed by atoms with E-state index in [1.165, 1.54) is 12.1 Å². The van der Waals surface area contributed by atoms with Gasteiger partial charge in [-0.25, -0.2) is 9.37 Å². The summed E-state index contributed by atoms with van der Waals surface area (Å²) >= 11 is 0. The Morgan fingerprint density at radius 2 is 2.00 bits per heavy atom. The van der Waals surface area contributed by atoms with Crippen LogP contribution in [0.5, 0.6) is 0 Å². The third-order valence-electron chi connectivity index (χ3n) is 3.80. The van der Waals surface area contributed by atoms with Crippen molar-refractivity contribution in [3.63, 3.8) is 0 Å². The van der Waals surface area contributed by atoms with Gasteiger partial charge in [0.2, 0.25) is 0 Å². The van der Waals surface area contributed by atoms with Gasteiger partial charge >= 0.3 is 0 Å². The first-order valence-corrected chi connectivity index (χ1v) is 7.62. The normalized spacial score (nSPS) is 10.9. The number of hydrogen-bond acceptors (Lipinski definition) is 4. The number of benzene rings is 2. The molecule has 1 amide bonds. The van der Waals surface area contributed by atoms with Gasteiger partial charge in [0.25, 0.3) is 5.91 Å². The average Bonchev–Trinajstić information content (AvgIpc) is 3.29. The number of amides is 1. The zero-order chi connectivity index (χ0) is 17.2. The number of fused-ring (bicyclic) bond motifs is 1. The summed E-state index contributed by atoms with van der Waals surface area (Å²) in [5.41, 5.74) is 3.43. The largest absolute Gasteiger partial charge is 0.356 e. The van der Waals surface area contributed by atoms with E-state index in [-0.39, 0.29) is 18.3 Å². The monoisotopic (exact) mass is 336 g/mol. The first-order chi connectivity index (χ1) is 12.2. The molecule has 25 heavy (non-hydrogen) atoms. The molecule has 0 spiro atoms. The molecular formula is C18H13FN4O2. The number of nitrogens with one attached hydrogen (secondary N) is 2. The summed E-state index contributed by atoms with van der Waals surface area (Å²) in [6, 6.07) is 12.9. The van der Waals surface area contributed by atoms with Crippen LogP contribution in [-0.2, 0) is 6.54 Å². The Hall–Kier alpha value is -3.48. The van der Waals surface area contributed by atoms with Crippen LogP contribution in [0.4, 0.5) is 4.39 Å². The molecule has 0 atom stereocenters. The lowest BCUT2D eigenvalue weighted by molar-refractivity contribution is 0.0950. The standard InChI is InChI=1S/C18H13FN4O2/c19-13-4-1-11(2-5-13)17-8-14(23-25-17)9-20-18(24)12-3-6-15-16(7-12)22-10-21-15/h1-8,10H,9H2,(H,20,24)(H,21,22). The highest BCUT2D eigenvalue weighted by molar-refractivity contribution is 5.97. The van der Waals surface area contributed by atoms with Crippen molar-refractivity contribution in [3.8, 4) is 11.3 Å². The number of hydrogen-bond donors (Lipinski definition) is 2. The summed E-state index contributed by atoms with van der Waals surface area (Å²) in [4.78, 5) is 19.3. The Kier molecular flexibility index (Phi) is 3.74. The van der Waals surface area contributed by atoms with Crippen LogP contribution < -0.4 is 5.32 Å². The molecule has 6 nitrogen and oxygen atoms in total. The number of aromatic nitrogens is 3. The molecule has 124 valence electrons. The third kappa shape index (κ3) is 3.12. The van der Waals surface area contributed by atoms with Gasteiger partial charge < -0.3 is 14.8 Å². The molecule has 2 N–H and O–H groups in total. The Bertz CT molecular complexity index is 1040. The summed E-state index contributed by atoms with van der Waals surface area (Å²) < 4.78 is 18.2. The van der Waals surface area contributed by atoms with Gasteiger partial charge in [-0.3, -0.25) is 4.79 Å². The molecule has 0 saturated carbocycles. The molecule has 4 rings (SSSR count). The minimum atomic E-state index is -0.315. The molecule has 0 aliphatic rings. The van der Waals surface area contributed by atoms with E-state index >= 15 is 0 Å². The maximum atomic E-state index is 13.0. The number of carbonyl (C=O) groups is 1. The molecule has 2 aromatic carbocycles. The van der Waals surface area contributed by atoms with Gasteiger partial charge in [-0.05, 0) is 42.5 Å². The smallest absolute Gasteiger partial charge is 0.251 e. The molecule has 2 heterocycles. The SMILES string of the molecule is O=C(NCc1cc(-c2ccc(F)cc2)on1)c1ccc2nc[nH]c2c1. The van der Waals surface area contributed by atoms with Crippen LogP contribution >= 0.6 is 0 Å². The van der Waals surface area contributed by atoms with Crippen LogP contribution in [0.1, 0.15) is 16.1 Å². The number of H-pyrrole nitrogens is 1. The Morgan fingerprint density at radius 1 is 1.16 bits per heavy atom. The number of rotatable bonds is 4. The van der Waals surface area contributed by atoms with Crippen LogP contribution in [-0.4, -0.2) is 21.0 Å². The average molecular weight is 336 g/mol. The molecule has 0 aliphatic heterocycles. The second-order valence-electron chi connectivity index (χ2n) is 5.51. The van der Waals surface area contributed by atoms with Crippen LogP contribution in [0.3, 0.4) is 0 Å². The maximum absolute atomic E-state index is 13.0. The van der Waals surface area contributed by atoms with Crippen molar-refractivity contribution >= 4 is 16.9 Å². The molecule has 0 saturated heterocycles. The van der Waals surface area contributed by atoms with Crippen molar-refractivity contribution in [1.82, 2.24) is 20.4 Å². The predicted molar refractivity (Wildman–Crippen MR) is 89.2 cm³/mol. The van der Waals surface area contributed by atoms with Crippen molar-refractivity contribution in [2.75, 3.05) is 0 Å². The summed E-state index contributed by atoms with van der Waals surface area (Å²) in [6.45, 7) is 0.227. The van der Waals surface area contributed by atoms with E-state index in [0.29, 0.717) is 17.0 Å². The molecule has 0 aliphatic carbocycles. The zero-order valence-corrected chi connectivity index (χ0v) is 13.0. The first kappa shape index (κ1) is 15.1. The van der Waals surface area contributed by atoms with Crippen LogP contribution in [0, 0.1) is 5.82 Å².